The summed E-state index contributed by atoms with van der Waals surface area (Å²) < 4.78 is 12.3. The standard InChI is InChI=1S/C20H19FN4OS/c1-13-19(27-20(23-13)15-5-3-10-22-12-15)17-8-7-14-4-2-6-16(18(14)24-17)25-26-11-9-21/h3,5,7-8,10,12H,2,4,6,9,11H2,1H3/b25-16+. The smallest absolute Gasteiger partial charge is 0.145 e. The second kappa shape index (κ2) is 7.92. The molecule has 0 unspecified atom stereocenters. The third kappa shape index (κ3) is 3.73. The largest absolute Gasteiger partial charge is 0.393 e. The van der Waals surface area contributed by atoms with E-state index >= 15 is 0 Å². The summed E-state index contributed by atoms with van der Waals surface area (Å²) >= 11 is 1.60. The fourth-order valence-corrected chi connectivity index (χ4v) is 4.15. The van der Waals surface area contributed by atoms with Crippen LogP contribution in [0.4, 0.5) is 4.39 Å². The molecule has 0 saturated heterocycles. The number of thiazole rings is 1. The van der Waals surface area contributed by atoms with Crippen molar-refractivity contribution in [2.45, 2.75) is 26.2 Å². The Morgan fingerprint density at radius 3 is 2.96 bits per heavy atom. The number of oxime groups is 1. The van der Waals surface area contributed by atoms with E-state index in [1.54, 1.807) is 17.5 Å². The molecule has 0 N–H and O–H groups in total. The number of fused-ring (bicyclic) bond motifs is 1. The van der Waals surface area contributed by atoms with Gasteiger partial charge in [-0.1, -0.05) is 11.2 Å². The van der Waals surface area contributed by atoms with Gasteiger partial charge in [0.05, 0.1) is 22.0 Å². The van der Waals surface area contributed by atoms with Crippen molar-refractivity contribution in [2.24, 2.45) is 5.16 Å². The topological polar surface area (TPSA) is 60.3 Å². The molecule has 27 heavy (non-hydrogen) atoms. The minimum Gasteiger partial charge on any atom is -0.393 e. The zero-order valence-electron chi connectivity index (χ0n) is 15.0. The van der Waals surface area contributed by atoms with Crippen LogP contribution in [-0.4, -0.2) is 33.9 Å². The minimum atomic E-state index is -0.547. The maximum atomic E-state index is 12.3. The van der Waals surface area contributed by atoms with E-state index in [2.05, 4.69) is 16.2 Å². The molecule has 7 heteroatoms. The number of hydrogen-bond acceptors (Lipinski definition) is 6. The molecule has 0 saturated carbocycles. The second-order valence-corrected chi connectivity index (χ2v) is 7.29. The van der Waals surface area contributed by atoms with Crippen LogP contribution in [0.5, 0.6) is 0 Å². The summed E-state index contributed by atoms with van der Waals surface area (Å²) in [5, 5.41) is 5.04. The number of nitrogens with zero attached hydrogens (tertiary/aromatic N) is 4. The molecule has 3 aromatic heterocycles. The molecular weight excluding hydrogens is 363 g/mol. The number of alkyl halides is 1. The molecular formula is C20H19FN4OS. The van der Waals surface area contributed by atoms with Crippen molar-refractivity contribution in [1.29, 1.82) is 0 Å². The summed E-state index contributed by atoms with van der Waals surface area (Å²) in [5.41, 5.74) is 5.61. The highest BCUT2D eigenvalue weighted by Crippen LogP contribution is 2.35. The van der Waals surface area contributed by atoms with Crippen LogP contribution in [0.1, 0.15) is 29.8 Å². The molecule has 0 fully saturated rings. The fourth-order valence-electron chi connectivity index (χ4n) is 3.12. The highest BCUT2D eigenvalue weighted by atomic mass is 32.1. The van der Waals surface area contributed by atoms with Gasteiger partial charge in [0, 0.05) is 18.0 Å². The van der Waals surface area contributed by atoms with Crippen LogP contribution >= 0.6 is 11.3 Å². The van der Waals surface area contributed by atoms with Crippen LogP contribution in [0.15, 0.2) is 41.8 Å². The number of hydrogen-bond donors (Lipinski definition) is 0. The average Bonchev–Trinajstić information content (AvgIpc) is 3.10. The molecule has 0 spiro atoms. The van der Waals surface area contributed by atoms with Crippen molar-refractivity contribution in [3.63, 3.8) is 0 Å². The van der Waals surface area contributed by atoms with Crippen LogP contribution in [-0.2, 0) is 11.3 Å². The van der Waals surface area contributed by atoms with E-state index in [1.165, 1.54) is 0 Å². The van der Waals surface area contributed by atoms with Gasteiger partial charge in [-0.05, 0) is 49.9 Å². The maximum Gasteiger partial charge on any atom is 0.145 e. The van der Waals surface area contributed by atoms with Gasteiger partial charge in [-0.2, -0.15) is 0 Å². The lowest BCUT2D eigenvalue weighted by molar-refractivity contribution is 0.127. The monoisotopic (exact) mass is 382 g/mol. The van der Waals surface area contributed by atoms with Crippen LogP contribution in [0, 0.1) is 6.92 Å². The Bertz CT molecular complexity index is 971. The Kier molecular flexibility index (Phi) is 5.20. The van der Waals surface area contributed by atoms with Gasteiger partial charge in [0.1, 0.15) is 24.0 Å². The van der Waals surface area contributed by atoms with Crippen molar-refractivity contribution in [2.75, 3.05) is 13.3 Å². The van der Waals surface area contributed by atoms with Gasteiger partial charge < -0.3 is 4.84 Å². The predicted octanol–water partition coefficient (Wildman–Crippen LogP) is 4.60. The lowest BCUT2D eigenvalue weighted by atomic mass is 9.94. The summed E-state index contributed by atoms with van der Waals surface area (Å²) in [6.45, 7) is 1.42. The van der Waals surface area contributed by atoms with E-state index in [9.17, 15) is 4.39 Å². The van der Waals surface area contributed by atoms with Gasteiger partial charge in [-0.25, -0.2) is 14.4 Å². The summed E-state index contributed by atoms with van der Waals surface area (Å²) in [4.78, 5) is 19.8. The first kappa shape index (κ1) is 17.7. The predicted molar refractivity (Wildman–Crippen MR) is 105 cm³/mol. The lowest BCUT2D eigenvalue weighted by Gasteiger charge is -2.17. The first-order chi connectivity index (χ1) is 13.3. The number of aromatic nitrogens is 3. The Morgan fingerprint density at radius 2 is 2.15 bits per heavy atom. The van der Waals surface area contributed by atoms with Gasteiger partial charge in [0.25, 0.3) is 0 Å². The summed E-state index contributed by atoms with van der Waals surface area (Å²) in [7, 11) is 0. The Hall–Kier alpha value is -2.67. The normalized spacial score (nSPS) is 15.0. The van der Waals surface area contributed by atoms with Crippen molar-refractivity contribution in [1.82, 2.24) is 15.0 Å². The molecule has 5 nitrogen and oxygen atoms in total. The van der Waals surface area contributed by atoms with Gasteiger partial charge in [-0.3, -0.25) is 4.98 Å². The third-order valence-corrected chi connectivity index (χ3v) is 5.62. The Morgan fingerprint density at radius 1 is 1.22 bits per heavy atom. The molecule has 138 valence electrons. The lowest BCUT2D eigenvalue weighted by Crippen LogP contribution is -2.15. The van der Waals surface area contributed by atoms with E-state index in [-0.39, 0.29) is 6.61 Å². The molecule has 0 bridgehead atoms. The van der Waals surface area contributed by atoms with Gasteiger partial charge in [0.15, 0.2) is 0 Å². The quantitative estimate of drug-likeness (QED) is 0.478. The molecule has 1 aliphatic carbocycles. The zero-order valence-corrected chi connectivity index (χ0v) is 15.8. The average molecular weight is 382 g/mol. The van der Waals surface area contributed by atoms with Gasteiger partial charge >= 0.3 is 0 Å². The summed E-state index contributed by atoms with van der Waals surface area (Å²) in [6, 6.07) is 8.05. The molecule has 0 radical (unpaired) electrons. The van der Waals surface area contributed by atoms with Crippen molar-refractivity contribution < 1.29 is 9.23 Å². The first-order valence-corrected chi connectivity index (χ1v) is 9.71. The Labute approximate surface area is 161 Å². The zero-order chi connectivity index (χ0) is 18.6. The molecule has 0 atom stereocenters. The Balaban J connectivity index is 1.71. The fraction of sp³-hybridized carbons (Fsp3) is 0.300. The molecule has 0 aromatic carbocycles. The van der Waals surface area contributed by atoms with Crippen molar-refractivity contribution in [3.8, 4) is 21.1 Å². The highest BCUT2D eigenvalue weighted by molar-refractivity contribution is 7.18. The van der Waals surface area contributed by atoms with Crippen LogP contribution in [0.3, 0.4) is 0 Å². The number of rotatable bonds is 5. The number of pyridine rings is 2. The van der Waals surface area contributed by atoms with E-state index in [0.717, 1.165) is 63.1 Å². The SMILES string of the molecule is Cc1nc(-c2cccnc2)sc1-c1ccc2c(n1)/C(=N/OCCF)CCC2. The van der Waals surface area contributed by atoms with E-state index in [0.29, 0.717) is 0 Å². The summed E-state index contributed by atoms with van der Waals surface area (Å²) in [6.07, 6.45) is 6.32. The number of aryl methyl sites for hydroxylation is 2. The second-order valence-electron chi connectivity index (χ2n) is 6.29. The molecule has 0 amide bonds. The molecule has 3 aromatic rings. The van der Waals surface area contributed by atoms with Gasteiger partial charge in [-0.15, -0.1) is 11.3 Å². The van der Waals surface area contributed by atoms with E-state index in [1.807, 2.05) is 31.3 Å². The molecule has 3 heterocycles. The maximum absolute atomic E-state index is 12.3. The van der Waals surface area contributed by atoms with E-state index < -0.39 is 6.67 Å². The van der Waals surface area contributed by atoms with Crippen molar-refractivity contribution >= 4 is 17.0 Å². The minimum absolute atomic E-state index is 0.0268. The van der Waals surface area contributed by atoms with Gasteiger partial charge in [0.2, 0.25) is 0 Å². The summed E-state index contributed by atoms with van der Waals surface area (Å²) in [5.74, 6) is 0. The van der Waals surface area contributed by atoms with E-state index in [4.69, 9.17) is 14.8 Å². The molecule has 4 rings (SSSR count). The van der Waals surface area contributed by atoms with Crippen LogP contribution in [0.2, 0.25) is 0 Å². The molecule has 1 aliphatic rings. The first-order valence-electron chi connectivity index (χ1n) is 8.89. The van der Waals surface area contributed by atoms with Crippen LogP contribution in [0.25, 0.3) is 21.1 Å². The van der Waals surface area contributed by atoms with Crippen LogP contribution < -0.4 is 0 Å². The third-order valence-electron chi connectivity index (χ3n) is 4.39. The van der Waals surface area contributed by atoms with Crippen molar-refractivity contribution in [3.05, 3.63) is 53.6 Å². The number of halogens is 1. The molecule has 0 aliphatic heterocycles. The highest BCUT2D eigenvalue weighted by Gasteiger charge is 2.20.